The fourth-order valence-electron chi connectivity index (χ4n) is 3.00. The maximum atomic E-state index is 12.3. The zero-order valence-corrected chi connectivity index (χ0v) is 15.6. The minimum atomic E-state index is -0.497. The second kappa shape index (κ2) is 7.60. The summed E-state index contributed by atoms with van der Waals surface area (Å²) in [6, 6.07) is 12.9. The van der Waals surface area contributed by atoms with E-state index in [1.54, 1.807) is 13.2 Å². The minimum absolute atomic E-state index is 0.230. The van der Waals surface area contributed by atoms with Gasteiger partial charge in [-0.3, -0.25) is 0 Å². The highest BCUT2D eigenvalue weighted by molar-refractivity contribution is 6.12. The molecule has 2 aromatic carbocycles. The molecule has 0 N–H and O–H groups in total. The molecule has 142 valence electrons. The Hall–Kier alpha value is -3.54. The van der Waals surface area contributed by atoms with Crippen molar-refractivity contribution >= 4 is 17.9 Å². The summed E-state index contributed by atoms with van der Waals surface area (Å²) in [4.78, 5) is 16.7. The van der Waals surface area contributed by atoms with Crippen LogP contribution in [0.1, 0.15) is 18.1 Å². The minimum Gasteiger partial charge on any atom is -0.497 e. The zero-order valence-electron chi connectivity index (χ0n) is 15.6. The van der Waals surface area contributed by atoms with Crippen molar-refractivity contribution in [1.82, 2.24) is 0 Å². The van der Waals surface area contributed by atoms with Crippen LogP contribution in [0.5, 0.6) is 17.2 Å². The molecular formula is C22H19NO5. The summed E-state index contributed by atoms with van der Waals surface area (Å²) >= 11 is 0. The first kappa shape index (κ1) is 17.9. The normalized spacial score (nSPS) is 16.6. The second-order valence-corrected chi connectivity index (χ2v) is 6.18. The van der Waals surface area contributed by atoms with Gasteiger partial charge in [0, 0.05) is 11.6 Å². The van der Waals surface area contributed by atoms with Gasteiger partial charge in [0.1, 0.15) is 23.9 Å². The molecule has 2 heterocycles. The number of aliphatic imine (C=N–C) groups is 1. The number of fused-ring (bicyclic) bond motifs is 1. The number of cyclic esters (lactones) is 1. The van der Waals surface area contributed by atoms with Crippen molar-refractivity contribution in [3.8, 4) is 17.2 Å². The topological polar surface area (TPSA) is 66.3 Å². The Balaban J connectivity index is 1.63. The van der Waals surface area contributed by atoms with Crippen molar-refractivity contribution in [2.75, 3.05) is 20.3 Å². The number of ether oxygens (including phenoxy) is 4. The van der Waals surface area contributed by atoms with Gasteiger partial charge in [0.25, 0.3) is 0 Å². The average Bonchev–Trinajstić information content (AvgIpc) is 3.08. The number of hydrogen-bond acceptors (Lipinski definition) is 6. The van der Waals surface area contributed by atoms with Gasteiger partial charge in [-0.1, -0.05) is 12.1 Å². The monoisotopic (exact) mass is 377 g/mol. The molecular weight excluding hydrogens is 358 g/mol. The third-order valence-electron chi connectivity index (χ3n) is 4.32. The molecule has 0 radical (unpaired) electrons. The molecule has 28 heavy (non-hydrogen) atoms. The van der Waals surface area contributed by atoms with E-state index >= 15 is 0 Å². The van der Waals surface area contributed by atoms with Crippen molar-refractivity contribution < 1.29 is 23.7 Å². The molecule has 6 heteroatoms. The highest BCUT2D eigenvalue weighted by atomic mass is 16.6. The molecule has 0 amide bonds. The molecule has 6 nitrogen and oxygen atoms in total. The number of para-hydroxylation sites is 1. The van der Waals surface area contributed by atoms with Gasteiger partial charge in [0.15, 0.2) is 5.70 Å². The predicted molar refractivity (Wildman–Crippen MR) is 105 cm³/mol. The lowest BCUT2D eigenvalue weighted by atomic mass is 10.1. The molecule has 0 fully saturated rings. The molecule has 0 saturated heterocycles. The van der Waals surface area contributed by atoms with E-state index in [0.29, 0.717) is 24.5 Å². The van der Waals surface area contributed by atoms with Gasteiger partial charge in [-0.15, -0.1) is 0 Å². The molecule has 0 aliphatic carbocycles. The molecule has 0 spiro atoms. The summed E-state index contributed by atoms with van der Waals surface area (Å²) in [6.45, 7) is 2.74. The lowest BCUT2D eigenvalue weighted by molar-refractivity contribution is -0.130. The van der Waals surface area contributed by atoms with Gasteiger partial charge in [0.2, 0.25) is 5.90 Å². The SMILES string of the molecule is CCOc1ccccc1C1=N/C(=C/C2=Cc3ccc(OC)cc3OC2)C(=O)O1. The van der Waals surface area contributed by atoms with Crippen LogP contribution in [0, 0.1) is 0 Å². The highest BCUT2D eigenvalue weighted by Crippen LogP contribution is 2.31. The Kier molecular flexibility index (Phi) is 4.85. The van der Waals surface area contributed by atoms with E-state index in [1.165, 1.54) is 0 Å². The third kappa shape index (κ3) is 3.49. The largest absolute Gasteiger partial charge is 0.497 e. The molecule has 0 unspecified atom stereocenters. The summed E-state index contributed by atoms with van der Waals surface area (Å²) in [5.74, 6) is 1.84. The van der Waals surface area contributed by atoms with Crippen LogP contribution >= 0.6 is 0 Å². The zero-order chi connectivity index (χ0) is 19.5. The Morgan fingerprint density at radius 2 is 2.07 bits per heavy atom. The fraction of sp³-hybridized carbons (Fsp3) is 0.182. The first-order valence-electron chi connectivity index (χ1n) is 8.94. The number of carbonyl (C=O) groups excluding carboxylic acids is 1. The van der Waals surface area contributed by atoms with Crippen LogP contribution in [0.4, 0.5) is 0 Å². The second-order valence-electron chi connectivity index (χ2n) is 6.18. The van der Waals surface area contributed by atoms with E-state index in [0.717, 1.165) is 22.6 Å². The smallest absolute Gasteiger partial charge is 0.363 e. The maximum Gasteiger partial charge on any atom is 0.363 e. The lowest BCUT2D eigenvalue weighted by Crippen LogP contribution is -2.09. The van der Waals surface area contributed by atoms with Crippen molar-refractivity contribution in [3.63, 3.8) is 0 Å². The van der Waals surface area contributed by atoms with Gasteiger partial charge < -0.3 is 18.9 Å². The fourth-order valence-corrected chi connectivity index (χ4v) is 3.00. The average molecular weight is 377 g/mol. The first-order chi connectivity index (χ1) is 13.7. The van der Waals surface area contributed by atoms with Crippen molar-refractivity contribution in [2.45, 2.75) is 6.92 Å². The summed E-state index contributed by atoms with van der Waals surface area (Å²) < 4.78 is 21.9. The van der Waals surface area contributed by atoms with E-state index < -0.39 is 5.97 Å². The predicted octanol–water partition coefficient (Wildman–Crippen LogP) is 3.76. The van der Waals surface area contributed by atoms with Gasteiger partial charge >= 0.3 is 5.97 Å². The number of hydrogen-bond donors (Lipinski definition) is 0. The van der Waals surface area contributed by atoms with E-state index in [-0.39, 0.29) is 11.6 Å². The van der Waals surface area contributed by atoms with E-state index in [4.69, 9.17) is 18.9 Å². The molecule has 2 aliphatic rings. The highest BCUT2D eigenvalue weighted by Gasteiger charge is 2.27. The van der Waals surface area contributed by atoms with Crippen molar-refractivity contribution in [2.24, 2.45) is 4.99 Å². The maximum absolute atomic E-state index is 12.3. The van der Waals surface area contributed by atoms with Gasteiger partial charge in [0.05, 0.1) is 19.3 Å². The standard InChI is InChI=1S/C22H19NO5/c1-3-26-19-7-5-4-6-17(19)21-23-18(22(24)28-21)11-14-10-15-8-9-16(25-2)12-20(15)27-13-14/h4-12H,3,13H2,1-2H3/b18-11+. The Morgan fingerprint density at radius 1 is 1.21 bits per heavy atom. The first-order valence-corrected chi connectivity index (χ1v) is 8.94. The Labute approximate surface area is 162 Å². The van der Waals surface area contributed by atoms with E-state index in [9.17, 15) is 4.79 Å². The summed E-state index contributed by atoms with van der Waals surface area (Å²) in [5, 5.41) is 0. The number of methoxy groups -OCH3 is 1. The van der Waals surface area contributed by atoms with Crippen LogP contribution in [0.3, 0.4) is 0 Å². The quantitative estimate of drug-likeness (QED) is 0.586. The van der Waals surface area contributed by atoms with Crippen LogP contribution in [0.2, 0.25) is 0 Å². The molecule has 2 aliphatic heterocycles. The molecule has 0 atom stereocenters. The van der Waals surface area contributed by atoms with Crippen LogP contribution in [0.15, 0.2) is 64.8 Å². The van der Waals surface area contributed by atoms with Gasteiger partial charge in [-0.2, -0.15) is 0 Å². The third-order valence-corrected chi connectivity index (χ3v) is 4.32. The van der Waals surface area contributed by atoms with E-state index in [1.807, 2.05) is 55.5 Å². The van der Waals surface area contributed by atoms with Gasteiger partial charge in [-0.05, 0) is 48.9 Å². The molecule has 0 saturated carbocycles. The van der Waals surface area contributed by atoms with Crippen molar-refractivity contribution in [1.29, 1.82) is 0 Å². The molecule has 2 aromatic rings. The lowest BCUT2D eigenvalue weighted by Gasteiger charge is -2.16. The van der Waals surface area contributed by atoms with Crippen LogP contribution < -0.4 is 14.2 Å². The van der Waals surface area contributed by atoms with E-state index in [2.05, 4.69) is 4.99 Å². The van der Waals surface area contributed by atoms with Crippen LogP contribution in [-0.2, 0) is 9.53 Å². The molecule has 4 rings (SSSR count). The van der Waals surface area contributed by atoms with Crippen LogP contribution in [-0.4, -0.2) is 32.2 Å². The van der Waals surface area contributed by atoms with Crippen LogP contribution in [0.25, 0.3) is 6.08 Å². The Morgan fingerprint density at radius 3 is 2.89 bits per heavy atom. The number of rotatable bonds is 5. The molecule has 0 aromatic heterocycles. The summed E-state index contributed by atoms with van der Waals surface area (Å²) in [7, 11) is 1.61. The summed E-state index contributed by atoms with van der Waals surface area (Å²) in [6.07, 6.45) is 3.64. The number of esters is 1. The van der Waals surface area contributed by atoms with Gasteiger partial charge in [-0.25, -0.2) is 9.79 Å². The number of carbonyl (C=O) groups is 1. The Bertz CT molecular complexity index is 1020. The van der Waals surface area contributed by atoms with Crippen molar-refractivity contribution in [3.05, 3.63) is 70.9 Å². The summed E-state index contributed by atoms with van der Waals surface area (Å²) in [5.41, 5.74) is 2.62. The molecule has 0 bridgehead atoms. The number of nitrogens with zero attached hydrogens (tertiary/aromatic N) is 1. The number of benzene rings is 2.